The van der Waals surface area contributed by atoms with E-state index in [2.05, 4.69) is 4.99 Å². The second kappa shape index (κ2) is 5.43. The average Bonchev–Trinajstić information content (AvgIpc) is 3.40. The van der Waals surface area contributed by atoms with E-state index in [1.54, 1.807) is 16.8 Å². The van der Waals surface area contributed by atoms with Gasteiger partial charge in [-0.1, -0.05) is 0 Å². The maximum atomic E-state index is 14.6. The fraction of sp³-hybridized carbons (Fsp3) is 0.353. The summed E-state index contributed by atoms with van der Waals surface area (Å²) in [5.74, 6) is -1.80. The number of aliphatic imine (C=N–C) groups is 1. The number of aromatic nitrogens is 1. The fourth-order valence-corrected chi connectivity index (χ4v) is 3.14. The van der Waals surface area contributed by atoms with E-state index in [4.69, 9.17) is 0 Å². The monoisotopic (exact) mass is 329 g/mol. The lowest BCUT2D eigenvalue weighted by molar-refractivity contribution is 0.0695. The van der Waals surface area contributed by atoms with Crippen LogP contribution >= 0.6 is 0 Å². The average molecular weight is 329 g/mol. The minimum Gasteiger partial charge on any atom is -0.477 e. The number of anilines is 1. The Balaban J connectivity index is 1.97. The molecule has 1 aromatic carbocycles. The summed E-state index contributed by atoms with van der Waals surface area (Å²) in [6, 6.07) is 3.01. The molecule has 4 rings (SSSR count). The molecule has 0 spiro atoms. The Morgan fingerprint density at radius 1 is 1.33 bits per heavy atom. The number of halogens is 1. The molecule has 0 unspecified atom stereocenters. The first-order chi connectivity index (χ1) is 11.6. The Bertz CT molecular complexity index is 931. The quantitative estimate of drug-likeness (QED) is 0.935. The van der Waals surface area contributed by atoms with Crippen molar-refractivity contribution in [3.63, 3.8) is 0 Å². The van der Waals surface area contributed by atoms with Crippen molar-refractivity contribution in [2.24, 2.45) is 4.99 Å². The molecule has 0 saturated heterocycles. The van der Waals surface area contributed by atoms with E-state index >= 15 is 0 Å². The molecule has 2 aliphatic rings. The van der Waals surface area contributed by atoms with Crippen molar-refractivity contribution >= 4 is 28.8 Å². The summed E-state index contributed by atoms with van der Waals surface area (Å²) >= 11 is 0. The molecule has 1 aliphatic heterocycles. The normalized spacial score (nSPS) is 17.5. The van der Waals surface area contributed by atoms with Crippen molar-refractivity contribution in [1.29, 1.82) is 0 Å². The van der Waals surface area contributed by atoms with E-state index in [1.165, 1.54) is 12.3 Å². The van der Waals surface area contributed by atoms with Gasteiger partial charge >= 0.3 is 5.97 Å². The third-order valence-corrected chi connectivity index (χ3v) is 4.54. The molecule has 24 heavy (non-hydrogen) atoms. The van der Waals surface area contributed by atoms with Crippen LogP contribution in [0.4, 0.5) is 10.1 Å². The zero-order chi connectivity index (χ0) is 16.8. The molecule has 1 fully saturated rings. The summed E-state index contributed by atoms with van der Waals surface area (Å²) < 4.78 is 16.4. The van der Waals surface area contributed by atoms with Gasteiger partial charge in [-0.15, -0.1) is 0 Å². The highest BCUT2D eigenvalue weighted by Gasteiger charge is 2.28. The van der Waals surface area contributed by atoms with Crippen LogP contribution in [0.25, 0.3) is 10.9 Å². The summed E-state index contributed by atoms with van der Waals surface area (Å²) in [6.45, 7) is 1.73. The molecular formula is C17H16FN3O3. The van der Waals surface area contributed by atoms with Crippen molar-refractivity contribution < 1.29 is 14.3 Å². The van der Waals surface area contributed by atoms with Crippen LogP contribution in [0.1, 0.15) is 29.2 Å². The number of carboxylic acids is 1. The van der Waals surface area contributed by atoms with Crippen LogP contribution in [0.15, 0.2) is 28.1 Å². The summed E-state index contributed by atoms with van der Waals surface area (Å²) in [5.41, 5.74) is 0.0589. The van der Waals surface area contributed by atoms with Crippen LogP contribution < -0.4 is 10.3 Å². The van der Waals surface area contributed by atoms with Crippen molar-refractivity contribution in [3.05, 3.63) is 39.9 Å². The first kappa shape index (κ1) is 14.9. The zero-order valence-electron chi connectivity index (χ0n) is 12.9. The number of hydrogen-bond donors (Lipinski definition) is 1. The van der Waals surface area contributed by atoms with E-state index in [0.29, 0.717) is 30.8 Å². The Labute approximate surface area is 136 Å². The number of nitrogens with zero attached hydrogens (tertiary/aromatic N) is 3. The highest BCUT2D eigenvalue weighted by molar-refractivity contribution is 5.93. The number of carboxylic acid groups (broad SMARTS) is 1. The molecule has 0 atom stereocenters. The third-order valence-electron chi connectivity index (χ3n) is 4.54. The molecular weight excluding hydrogens is 313 g/mol. The molecule has 124 valence electrons. The minimum absolute atomic E-state index is 0.119. The van der Waals surface area contributed by atoms with Crippen LogP contribution in [0, 0.1) is 5.82 Å². The zero-order valence-corrected chi connectivity index (χ0v) is 12.9. The summed E-state index contributed by atoms with van der Waals surface area (Å²) in [6.07, 6.45) is 5.00. The lowest BCUT2D eigenvalue weighted by Crippen LogP contribution is -2.32. The summed E-state index contributed by atoms with van der Waals surface area (Å²) in [5, 5.41) is 9.37. The van der Waals surface area contributed by atoms with Crippen molar-refractivity contribution in [2.75, 3.05) is 24.5 Å². The molecule has 1 aromatic heterocycles. The Hall–Kier alpha value is -2.70. The molecule has 0 amide bonds. The molecule has 1 saturated carbocycles. The fourth-order valence-electron chi connectivity index (χ4n) is 3.14. The smallest absolute Gasteiger partial charge is 0.341 e. The highest BCUT2D eigenvalue weighted by Crippen LogP contribution is 2.38. The Kier molecular flexibility index (Phi) is 3.37. The van der Waals surface area contributed by atoms with E-state index in [9.17, 15) is 19.1 Å². The number of pyridine rings is 1. The molecule has 0 radical (unpaired) electrons. The van der Waals surface area contributed by atoms with Crippen LogP contribution in [0.2, 0.25) is 0 Å². The maximum absolute atomic E-state index is 14.6. The van der Waals surface area contributed by atoms with Crippen molar-refractivity contribution in [1.82, 2.24) is 4.57 Å². The molecule has 1 aliphatic carbocycles. The van der Waals surface area contributed by atoms with Gasteiger partial charge in [0.1, 0.15) is 11.4 Å². The molecule has 2 heterocycles. The van der Waals surface area contributed by atoms with Gasteiger partial charge in [0.05, 0.1) is 24.3 Å². The van der Waals surface area contributed by atoms with Gasteiger partial charge < -0.3 is 14.6 Å². The Morgan fingerprint density at radius 3 is 2.75 bits per heavy atom. The SMILES string of the molecule is O=C(O)c1cn(C2CC2)c2cc(N3CC=NCC3)c(F)cc2c1=O. The van der Waals surface area contributed by atoms with Gasteiger partial charge in [0, 0.05) is 30.4 Å². The molecule has 6 nitrogen and oxygen atoms in total. The van der Waals surface area contributed by atoms with E-state index in [-0.39, 0.29) is 17.0 Å². The maximum Gasteiger partial charge on any atom is 0.341 e. The second-order valence-corrected chi connectivity index (χ2v) is 6.17. The summed E-state index contributed by atoms with van der Waals surface area (Å²) in [7, 11) is 0. The standard InChI is InChI=1S/C17H16FN3O3/c18-13-7-11-14(8-15(13)20-5-3-19-4-6-20)21(10-1-2-10)9-12(16(11)22)17(23)24/h3,7-10H,1-2,4-6H2,(H,23,24). The predicted octanol–water partition coefficient (Wildman–Crippen LogP) is 2.06. The van der Waals surface area contributed by atoms with Crippen molar-refractivity contribution in [2.45, 2.75) is 18.9 Å². The highest BCUT2D eigenvalue weighted by atomic mass is 19.1. The van der Waals surface area contributed by atoms with Gasteiger partial charge in [-0.2, -0.15) is 0 Å². The molecule has 1 N–H and O–H groups in total. The molecule has 0 bridgehead atoms. The lowest BCUT2D eigenvalue weighted by atomic mass is 10.1. The molecule has 7 heteroatoms. The number of benzene rings is 1. The van der Waals surface area contributed by atoms with Gasteiger partial charge in [-0.3, -0.25) is 9.79 Å². The number of carbonyl (C=O) groups is 1. The van der Waals surface area contributed by atoms with Crippen LogP contribution in [-0.4, -0.2) is 41.5 Å². The van der Waals surface area contributed by atoms with Crippen LogP contribution in [0.5, 0.6) is 0 Å². The second-order valence-electron chi connectivity index (χ2n) is 6.17. The molecule has 2 aromatic rings. The lowest BCUT2D eigenvalue weighted by Gasteiger charge is -2.26. The summed E-state index contributed by atoms with van der Waals surface area (Å²) in [4.78, 5) is 29.7. The van der Waals surface area contributed by atoms with E-state index < -0.39 is 17.2 Å². The number of fused-ring (bicyclic) bond motifs is 1. The van der Waals surface area contributed by atoms with Crippen LogP contribution in [-0.2, 0) is 0 Å². The van der Waals surface area contributed by atoms with Gasteiger partial charge in [-0.25, -0.2) is 9.18 Å². The number of rotatable bonds is 3. The minimum atomic E-state index is -1.28. The number of aromatic carboxylic acids is 1. The van der Waals surface area contributed by atoms with E-state index in [0.717, 1.165) is 12.8 Å². The van der Waals surface area contributed by atoms with Crippen LogP contribution in [0.3, 0.4) is 0 Å². The predicted molar refractivity (Wildman–Crippen MR) is 89.0 cm³/mol. The van der Waals surface area contributed by atoms with Crippen molar-refractivity contribution in [3.8, 4) is 0 Å². The number of hydrogen-bond acceptors (Lipinski definition) is 4. The van der Waals surface area contributed by atoms with Gasteiger partial charge in [0.2, 0.25) is 5.43 Å². The van der Waals surface area contributed by atoms with E-state index in [1.807, 2.05) is 4.90 Å². The Morgan fingerprint density at radius 2 is 2.12 bits per heavy atom. The largest absolute Gasteiger partial charge is 0.477 e. The van der Waals surface area contributed by atoms with Gasteiger partial charge in [0.15, 0.2) is 0 Å². The first-order valence-electron chi connectivity index (χ1n) is 7.91. The third kappa shape index (κ3) is 2.36. The first-order valence-corrected chi connectivity index (χ1v) is 7.91. The topological polar surface area (TPSA) is 74.9 Å². The van der Waals surface area contributed by atoms with Gasteiger partial charge in [0.25, 0.3) is 0 Å². The van der Waals surface area contributed by atoms with Gasteiger partial charge in [-0.05, 0) is 25.0 Å².